The van der Waals surface area contributed by atoms with Gasteiger partial charge in [0.1, 0.15) is 0 Å². The average Bonchev–Trinajstić information content (AvgIpc) is 2.65. The average molecular weight is 319 g/mol. The van der Waals surface area contributed by atoms with Crippen LogP contribution < -0.4 is 10.6 Å². The molecular weight excluding hydrogens is 298 g/mol. The Labute approximate surface area is 141 Å². The predicted octanol–water partition coefficient (Wildman–Crippen LogP) is 2.54. The van der Waals surface area contributed by atoms with Crippen LogP contribution in [0, 0.1) is 0 Å². The third kappa shape index (κ3) is 4.07. The molecule has 0 fully saturated rings. The first-order valence-electron chi connectivity index (χ1n) is 8.04. The van der Waals surface area contributed by atoms with Gasteiger partial charge in [-0.3, -0.25) is 15.0 Å². The Hall–Kier alpha value is -2.95. The van der Waals surface area contributed by atoms with Gasteiger partial charge in [-0.2, -0.15) is 0 Å². The molecule has 3 aromatic rings. The Bertz CT molecular complexity index is 809. The lowest BCUT2D eigenvalue weighted by Crippen LogP contribution is -2.38. The van der Waals surface area contributed by atoms with E-state index >= 15 is 0 Å². The van der Waals surface area contributed by atoms with Crippen LogP contribution in [0.4, 0.5) is 0 Å². The summed E-state index contributed by atoms with van der Waals surface area (Å²) < 4.78 is 0. The molecule has 1 aromatic carbocycles. The summed E-state index contributed by atoms with van der Waals surface area (Å²) in [6, 6.07) is 16.2. The van der Waals surface area contributed by atoms with Crippen LogP contribution in [0.25, 0.3) is 10.9 Å². The van der Waals surface area contributed by atoms with Crippen LogP contribution in [0.5, 0.6) is 0 Å². The SMILES string of the molecule is CN=C(NCCc1cccc2cccnc12)NCc1ccccn1. The molecule has 5 heteroatoms. The number of benzene rings is 1. The molecule has 0 saturated carbocycles. The minimum atomic E-state index is 0.649. The summed E-state index contributed by atoms with van der Waals surface area (Å²) >= 11 is 0. The maximum Gasteiger partial charge on any atom is 0.191 e. The third-order valence-corrected chi connectivity index (χ3v) is 3.79. The van der Waals surface area contributed by atoms with Crippen molar-refractivity contribution in [3.63, 3.8) is 0 Å². The van der Waals surface area contributed by atoms with E-state index in [1.807, 2.05) is 30.5 Å². The fourth-order valence-corrected chi connectivity index (χ4v) is 2.58. The Morgan fingerprint density at radius 2 is 1.83 bits per heavy atom. The molecule has 0 aliphatic rings. The Kier molecular flexibility index (Phi) is 5.35. The molecule has 122 valence electrons. The largest absolute Gasteiger partial charge is 0.356 e. The van der Waals surface area contributed by atoms with Gasteiger partial charge in [-0.05, 0) is 30.2 Å². The maximum atomic E-state index is 4.49. The van der Waals surface area contributed by atoms with Crippen molar-refractivity contribution in [1.29, 1.82) is 0 Å². The standard InChI is InChI=1S/C19H21N5/c1-20-19(24-14-17-9-2-3-11-21-17)23-13-10-16-7-4-6-15-8-5-12-22-18(15)16/h2-9,11-12H,10,13-14H2,1H3,(H2,20,23,24). The van der Waals surface area contributed by atoms with Gasteiger partial charge in [-0.15, -0.1) is 0 Å². The zero-order valence-corrected chi connectivity index (χ0v) is 13.7. The molecule has 3 rings (SSSR count). The Morgan fingerprint density at radius 3 is 2.67 bits per heavy atom. The summed E-state index contributed by atoms with van der Waals surface area (Å²) in [5.41, 5.74) is 3.29. The van der Waals surface area contributed by atoms with Crippen molar-refractivity contribution in [3.05, 3.63) is 72.2 Å². The highest BCUT2D eigenvalue weighted by atomic mass is 15.2. The molecule has 0 aliphatic heterocycles. The van der Waals surface area contributed by atoms with Crippen LogP contribution in [0.3, 0.4) is 0 Å². The van der Waals surface area contributed by atoms with Gasteiger partial charge in [-0.25, -0.2) is 0 Å². The fraction of sp³-hybridized carbons (Fsp3) is 0.211. The van der Waals surface area contributed by atoms with Gasteiger partial charge < -0.3 is 10.6 Å². The highest BCUT2D eigenvalue weighted by Crippen LogP contribution is 2.15. The monoisotopic (exact) mass is 319 g/mol. The maximum absolute atomic E-state index is 4.49. The lowest BCUT2D eigenvalue weighted by Gasteiger charge is -2.12. The van der Waals surface area contributed by atoms with Crippen molar-refractivity contribution >= 4 is 16.9 Å². The lowest BCUT2D eigenvalue weighted by atomic mass is 10.1. The molecule has 5 nitrogen and oxygen atoms in total. The molecule has 0 atom stereocenters. The number of guanidine groups is 1. The number of hydrogen-bond donors (Lipinski definition) is 2. The number of aromatic nitrogens is 2. The molecule has 2 aromatic heterocycles. The van der Waals surface area contributed by atoms with Crippen molar-refractivity contribution in [1.82, 2.24) is 20.6 Å². The molecule has 0 radical (unpaired) electrons. The zero-order chi connectivity index (χ0) is 16.6. The zero-order valence-electron chi connectivity index (χ0n) is 13.7. The fourth-order valence-electron chi connectivity index (χ4n) is 2.58. The quantitative estimate of drug-likeness (QED) is 0.560. The van der Waals surface area contributed by atoms with E-state index in [4.69, 9.17) is 0 Å². The van der Waals surface area contributed by atoms with Crippen molar-refractivity contribution in [2.24, 2.45) is 4.99 Å². The second-order valence-corrected chi connectivity index (χ2v) is 5.42. The molecule has 24 heavy (non-hydrogen) atoms. The van der Waals surface area contributed by atoms with Crippen LogP contribution in [0.2, 0.25) is 0 Å². The molecule has 0 unspecified atom stereocenters. The van der Waals surface area contributed by atoms with Crippen molar-refractivity contribution in [2.75, 3.05) is 13.6 Å². The van der Waals surface area contributed by atoms with E-state index in [1.165, 1.54) is 10.9 Å². The number of nitrogens with one attached hydrogen (secondary N) is 2. The summed E-state index contributed by atoms with van der Waals surface area (Å²) in [5, 5.41) is 7.78. The topological polar surface area (TPSA) is 62.2 Å². The first-order valence-corrected chi connectivity index (χ1v) is 8.04. The van der Waals surface area contributed by atoms with E-state index in [9.17, 15) is 0 Å². The minimum Gasteiger partial charge on any atom is -0.356 e. The molecular formula is C19H21N5. The van der Waals surface area contributed by atoms with Crippen LogP contribution in [-0.4, -0.2) is 29.5 Å². The van der Waals surface area contributed by atoms with Crippen LogP contribution >= 0.6 is 0 Å². The van der Waals surface area contributed by atoms with Crippen LogP contribution in [-0.2, 0) is 13.0 Å². The van der Waals surface area contributed by atoms with Gasteiger partial charge in [0.15, 0.2) is 5.96 Å². The lowest BCUT2D eigenvalue weighted by molar-refractivity contribution is 0.784. The minimum absolute atomic E-state index is 0.649. The summed E-state index contributed by atoms with van der Waals surface area (Å²) in [7, 11) is 1.77. The van der Waals surface area contributed by atoms with Gasteiger partial charge in [-0.1, -0.05) is 30.3 Å². The second kappa shape index (κ2) is 8.06. The van der Waals surface area contributed by atoms with Gasteiger partial charge in [0, 0.05) is 31.4 Å². The number of pyridine rings is 2. The van der Waals surface area contributed by atoms with E-state index in [2.05, 4.69) is 49.9 Å². The second-order valence-electron chi connectivity index (χ2n) is 5.42. The number of aliphatic imine (C=N–C) groups is 1. The number of hydrogen-bond acceptors (Lipinski definition) is 3. The molecule has 0 bridgehead atoms. The number of fused-ring (bicyclic) bond motifs is 1. The number of nitrogens with zero attached hydrogens (tertiary/aromatic N) is 3. The molecule has 0 spiro atoms. The Balaban J connectivity index is 1.54. The summed E-state index contributed by atoms with van der Waals surface area (Å²) in [4.78, 5) is 13.0. The van der Waals surface area contributed by atoms with Crippen molar-refractivity contribution < 1.29 is 0 Å². The smallest absolute Gasteiger partial charge is 0.191 e. The number of rotatable bonds is 5. The summed E-state index contributed by atoms with van der Waals surface area (Å²) in [6.07, 6.45) is 4.52. The molecule has 0 saturated heterocycles. The number of para-hydroxylation sites is 1. The highest BCUT2D eigenvalue weighted by Gasteiger charge is 2.03. The van der Waals surface area contributed by atoms with E-state index < -0.39 is 0 Å². The summed E-state index contributed by atoms with van der Waals surface area (Å²) in [6.45, 7) is 1.44. The molecule has 0 aliphatic carbocycles. The van der Waals surface area contributed by atoms with E-state index in [0.29, 0.717) is 6.54 Å². The van der Waals surface area contributed by atoms with Gasteiger partial charge >= 0.3 is 0 Å². The van der Waals surface area contributed by atoms with E-state index in [0.717, 1.165) is 30.1 Å². The normalized spacial score (nSPS) is 11.5. The van der Waals surface area contributed by atoms with Crippen LogP contribution in [0.1, 0.15) is 11.3 Å². The summed E-state index contributed by atoms with van der Waals surface area (Å²) in [5.74, 6) is 0.772. The third-order valence-electron chi connectivity index (χ3n) is 3.79. The van der Waals surface area contributed by atoms with Gasteiger partial charge in [0.05, 0.1) is 17.8 Å². The first-order chi connectivity index (χ1) is 11.9. The molecule has 2 N–H and O–H groups in total. The molecule has 0 amide bonds. The van der Waals surface area contributed by atoms with E-state index in [1.54, 1.807) is 13.2 Å². The first kappa shape index (κ1) is 15.9. The van der Waals surface area contributed by atoms with Crippen molar-refractivity contribution in [3.8, 4) is 0 Å². The van der Waals surface area contributed by atoms with Crippen LogP contribution in [0.15, 0.2) is 65.9 Å². The Morgan fingerprint density at radius 1 is 0.958 bits per heavy atom. The van der Waals surface area contributed by atoms with Gasteiger partial charge in [0.2, 0.25) is 0 Å². The van der Waals surface area contributed by atoms with Gasteiger partial charge in [0.25, 0.3) is 0 Å². The highest BCUT2D eigenvalue weighted by molar-refractivity contribution is 5.82. The van der Waals surface area contributed by atoms with E-state index in [-0.39, 0.29) is 0 Å². The predicted molar refractivity (Wildman–Crippen MR) is 97.9 cm³/mol. The van der Waals surface area contributed by atoms with Crippen molar-refractivity contribution in [2.45, 2.75) is 13.0 Å². The molecule has 2 heterocycles.